The lowest BCUT2D eigenvalue weighted by atomic mass is 9.48. The molecule has 4 aliphatic rings. The van der Waals surface area contributed by atoms with Crippen LogP contribution >= 0.6 is 0 Å². The van der Waals surface area contributed by atoms with Crippen LogP contribution in [0.2, 0.25) is 0 Å². The van der Waals surface area contributed by atoms with Crippen molar-refractivity contribution in [1.29, 1.82) is 0 Å². The number of nitro groups is 1. The van der Waals surface area contributed by atoms with Crippen LogP contribution in [-0.4, -0.2) is 16.7 Å². The monoisotopic (exact) mass is 410 g/mol. The molecule has 6 heteroatoms. The Hall–Kier alpha value is -3.80. The Labute approximate surface area is 178 Å². The van der Waals surface area contributed by atoms with Gasteiger partial charge in [0.15, 0.2) is 0 Å². The molecule has 1 fully saturated rings. The third-order valence-electron chi connectivity index (χ3n) is 7.36. The number of imide groups is 1. The van der Waals surface area contributed by atoms with Crippen LogP contribution in [0.3, 0.4) is 0 Å². The minimum Gasteiger partial charge on any atom is -0.274 e. The Morgan fingerprint density at radius 3 is 1.94 bits per heavy atom. The Morgan fingerprint density at radius 1 is 0.839 bits per heavy atom. The van der Waals surface area contributed by atoms with Crippen LogP contribution in [0.4, 0.5) is 11.4 Å². The predicted octanol–water partition coefficient (Wildman–Crippen LogP) is 4.17. The van der Waals surface area contributed by atoms with Gasteiger partial charge in [0.2, 0.25) is 11.8 Å². The van der Waals surface area contributed by atoms with Gasteiger partial charge < -0.3 is 0 Å². The largest absolute Gasteiger partial charge is 0.274 e. The highest BCUT2D eigenvalue weighted by atomic mass is 16.6. The highest BCUT2D eigenvalue weighted by molar-refractivity contribution is 6.23. The maximum atomic E-state index is 13.8. The molecule has 2 bridgehead atoms. The number of nitro benzene ring substituents is 1. The number of non-ortho nitro benzene ring substituents is 1. The van der Waals surface area contributed by atoms with Crippen molar-refractivity contribution >= 4 is 23.2 Å². The zero-order valence-corrected chi connectivity index (χ0v) is 16.7. The quantitative estimate of drug-likeness (QED) is 0.361. The number of anilines is 1. The van der Waals surface area contributed by atoms with Crippen LogP contribution in [0.15, 0.2) is 72.8 Å². The molecule has 0 saturated carbocycles. The van der Waals surface area contributed by atoms with Gasteiger partial charge in [-0.05, 0) is 34.4 Å². The highest BCUT2D eigenvalue weighted by Gasteiger charge is 2.66. The van der Waals surface area contributed by atoms with Crippen molar-refractivity contribution in [1.82, 2.24) is 0 Å². The van der Waals surface area contributed by atoms with Crippen molar-refractivity contribution < 1.29 is 14.5 Å². The second-order valence-electron chi connectivity index (χ2n) is 8.64. The molecule has 2 amide bonds. The number of rotatable bonds is 2. The van der Waals surface area contributed by atoms with Crippen LogP contribution in [0, 0.1) is 22.0 Å². The molecule has 3 aromatic rings. The zero-order valence-electron chi connectivity index (χ0n) is 16.7. The summed E-state index contributed by atoms with van der Waals surface area (Å²) >= 11 is 0. The number of carbonyl (C=O) groups excluding carboxylic acids is 2. The molecule has 152 valence electrons. The van der Waals surface area contributed by atoms with Gasteiger partial charge in [-0.25, -0.2) is 4.90 Å². The molecular weight excluding hydrogens is 392 g/mol. The number of nitrogens with zero attached hydrogens (tertiary/aromatic N) is 2. The van der Waals surface area contributed by atoms with Gasteiger partial charge in [0.25, 0.3) is 5.69 Å². The Bertz CT molecular complexity index is 1250. The molecule has 0 spiro atoms. The minimum absolute atomic E-state index is 0.0768. The van der Waals surface area contributed by atoms with E-state index in [1.54, 1.807) is 0 Å². The summed E-state index contributed by atoms with van der Waals surface area (Å²) in [5.74, 6) is -1.65. The number of carbonyl (C=O) groups is 2. The number of amides is 2. The van der Waals surface area contributed by atoms with E-state index in [9.17, 15) is 19.7 Å². The highest BCUT2D eigenvalue weighted by Crippen LogP contribution is 2.64. The van der Waals surface area contributed by atoms with Crippen LogP contribution in [0.1, 0.15) is 35.1 Å². The molecule has 0 unspecified atom stereocenters. The summed E-state index contributed by atoms with van der Waals surface area (Å²) in [6.07, 6.45) is 0. The van der Waals surface area contributed by atoms with Gasteiger partial charge in [0.1, 0.15) is 0 Å². The van der Waals surface area contributed by atoms with E-state index < -0.39 is 22.2 Å². The van der Waals surface area contributed by atoms with Gasteiger partial charge in [0.05, 0.1) is 22.4 Å². The van der Waals surface area contributed by atoms with E-state index >= 15 is 0 Å². The number of hydrogen-bond acceptors (Lipinski definition) is 4. The molecule has 1 saturated heterocycles. The van der Waals surface area contributed by atoms with Crippen molar-refractivity contribution in [3.63, 3.8) is 0 Å². The molecule has 6 nitrogen and oxygen atoms in total. The lowest BCUT2D eigenvalue weighted by molar-refractivity contribution is -0.384. The van der Waals surface area contributed by atoms with Gasteiger partial charge in [-0.2, -0.15) is 0 Å². The lowest BCUT2D eigenvalue weighted by Crippen LogP contribution is -2.51. The first kappa shape index (κ1) is 18.0. The van der Waals surface area contributed by atoms with Crippen LogP contribution in [0.25, 0.3) is 0 Å². The average Bonchev–Trinajstić information content (AvgIpc) is 3.06. The molecule has 3 aromatic carbocycles. The standard InChI is InChI=1S/C25H18N2O4/c1-25-18-8-4-2-6-16(18)20(17-7-3-5-9-19(17)25)21-22(25)24(29)26(23(21)28)14-10-12-15(13-11-14)27(30)31/h2-13,20-22H,1H3/t20?,21-,22-,25?/m1/s1. The summed E-state index contributed by atoms with van der Waals surface area (Å²) in [7, 11) is 0. The van der Waals surface area contributed by atoms with Crippen molar-refractivity contribution in [2.45, 2.75) is 18.3 Å². The van der Waals surface area contributed by atoms with Crippen LogP contribution in [0.5, 0.6) is 0 Å². The first-order chi connectivity index (χ1) is 14.9. The average molecular weight is 410 g/mol. The van der Waals surface area contributed by atoms with E-state index in [-0.39, 0.29) is 23.4 Å². The SMILES string of the molecule is CC12c3ccccc3C(c3ccccc31)[C@H]1C(=O)N(c3ccc([N+](=O)[O-])cc3)C(=O)[C@@H]12. The molecular formula is C25H18N2O4. The molecule has 0 aromatic heterocycles. The summed E-state index contributed by atoms with van der Waals surface area (Å²) in [5.41, 5.74) is 4.11. The van der Waals surface area contributed by atoms with E-state index in [0.717, 1.165) is 22.3 Å². The molecule has 3 aliphatic carbocycles. The molecule has 1 aliphatic heterocycles. The third-order valence-corrected chi connectivity index (χ3v) is 7.36. The van der Waals surface area contributed by atoms with E-state index in [0.29, 0.717) is 5.69 Å². The molecule has 7 rings (SSSR count). The first-order valence-corrected chi connectivity index (χ1v) is 10.3. The predicted molar refractivity (Wildman–Crippen MR) is 114 cm³/mol. The van der Waals surface area contributed by atoms with Crippen LogP contribution < -0.4 is 4.90 Å². The first-order valence-electron chi connectivity index (χ1n) is 10.3. The van der Waals surface area contributed by atoms with E-state index in [2.05, 4.69) is 31.2 Å². The maximum absolute atomic E-state index is 13.8. The second kappa shape index (κ2) is 5.88. The fourth-order valence-electron chi connectivity index (χ4n) is 6.13. The zero-order chi connectivity index (χ0) is 21.5. The third kappa shape index (κ3) is 2.06. The fraction of sp³-hybridized carbons (Fsp3) is 0.200. The van der Waals surface area contributed by atoms with Crippen molar-refractivity contribution in [3.05, 3.63) is 105 Å². The van der Waals surface area contributed by atoms with E-state index in [1.807, 2.05) is 24.3 Å². The van der Waals surface area contributed by atoms with E-state index in [1.165, 1.54) is 29.2 Å². The van der Waals surface area contributed by atoms with Gasteiger partial charge in [0, 0.05) is 23.5 Å². The molecule has 1 heterocycles. The Morgan fingerprint density at radius 2 is 1.39 bits per heavy atom. The normalized spacial score (nSPS) is 27.6. The van der Waals surface area contributed by atoms with Gasteiger partial charge >= 0.3 is 0 Å². The van der Waals surface area contributed by atoms with Gasteiger partial charge in [-0.15, -0.1) is 0 Å². The number of benzene rings is 3. The Balaban J connectivity index is 1.55. The maximum Gasteiger partial charge on any atom is 0.269 e. The van der Waals surface area contributed by atoms with Crippen molar-refractivity contribution in [2.24, 2.45) is 11.8 Å². The topological polar surface area (TPSA) is 80.5 Å². The minimum atomic E-state index is -0.616. The van der Waals surface area contributed by atoms with Crippen molar-refractivity contribution in [3.8, 4) is 0 Å². The fourth-order valence-corrected chi connectivity index (χ4v) is 6.13. The van der Waals surface area contributed by atoms with Gasteiger partial charge in [-0.1, -0.05) is 55.5 Å². The van der Waals surface area contributed by atoms with E-state index in [4.69, 9.17) is 0 Å². The molecule has 0 radical (unpaired) electrons. The van der Waals surface area contributed by atoms with Crippen molar-refractivity contribution in [2.75, 3.05) is 4.90 Å². The summed E-state index contributed by atoms with van der Waals surface area (Å²) in [6, 6.07) is 21.8. The molecule has 0 N–H and O–H groups in total. The second-order valence-corrected chi connectivity index (χ2v) is 8.64. The summed E-state index contributed by atoms with van der Waals surface area (Å²) < 4.78 is 0. The van der Waals surface area contributed by atoms with Gasteiger partial charge in [-0.3, -0.25) is 19.7 Å². The molecule has 2 atom stereocenters. The molecule has 31 heavy (non-hydrogen) atoms. The number of hydrogen-bond donors (Lipinski definition) is 0. The summed E-state index contributed by atoms with van der Waals surface area (Å²) in [4.78, 5) is 39.2. The summed E-state index contributed by atoms with van der Waals surface area (Å²) in [5, 5.41) is 11.0. The Kier molecular flexibility index (Phi) is 3.41. The smallest absolute Gasteiger partial charge is 0.269 e. The summed E-state index contributed by atoms with van der Waals surface area (Å²) in [6.45, 7) is 2.07. The lowest BCUT2D eigenvalue weighted by Gasteiger charge is -2.52. The van der Waals surface area contributed by atoms with Crippen LogP contribution in [-0.2, 0) is 15.0 Å².